The highest BCUT2D eigenvalue weighted by Crippen LogP contribution is 2.10. The molecule has 3 N–H and O–H groups in total. The van der Waals surface area contributed by atoms with Crippen molar-refractivity contribution in [3.8, 4) is 5.75 Å². The first kappa shape index (κ1) is 19.2. The molecular formula is C19H23N7O2. The summed E-state index contributed by atoms with van der Waals surface area (Å²) >= 11 is 0. The van der Waals surface area contributed by atoms with Gasteiger partial charge in [-0.25, -0.2) is 0 Å². The number of rotatable bonds is 7. The quantitative estimate of drug-likeness (QED) is 0.318. The number of aromatic nitrogens is 3. The number of nitrogens with one attached hydrogen (secondary N) is 3. The smallest absolute Gasteiger partial charge is 0.251 e. The van der Waals surface area contributed by atoms with Crippen molar-refractivity contribution in [2.24, 2.45) is 4.99 Å². The molecule has 3 rings (SSSR count). The Morgan fingerprint density at radius 2 is 1.86 bits per heavy atom. The lowest BCUT2D eigenvalue weighted by Crippen LogP contribution is -2.41. The van der Waals surface area contributed by atoms with Crippen molar-refractivity contribution in [1.82, 2.24) is 30.5 Å². The molecule has 0 saturated carbocycles. The summed E-state index contributed by atoms with van der Waals surface area (Å²) in [5.41, 5.74) is 1.38. The third-order valence-electron chi connectivity index (χ3n) is 4.08. The molecule has 0 unspecified atom stereocenters. The number of guanidine groups is 1. The van der Waals surface area contributed by atoms with Crippen LogP contribution in [-0.2, 0) is 6.54 Å². The summed E-state index contributed by atoms with van der Waals surface area (Å²) in [4.78, 5) is 16.3. The van der Waals surface area contributed by atoms with E-state index in [4.69, 9.17) is 4.74 Å². The van der Waals surface area contributed by atoms with Crippen LogP contribution in [0.2, 0.25) is 0 Å². The van der Waals surface area contributed by atoms with Crippen molar-refractivity contribution in [3.63, 3.8) is 0 Å². The summed E-state index contributed by atoms with van der Waals surface area (Å²) < 4.78 is 7.00. The minimum atomic E-state index is -0.137. The van der Waals surface area contributed by atoms with Crippen molar-refractivity contribution < 1.29 is 9.53 Å². The Bertz CT molecular complexity index is 950. The fourth-order valence-corrected chi connectivity index (χ4v) is 2.60. The summed E-state index contributed by atoms with van der Waals surface area (Å²) in [6.45, 7) is 1.46. The second-order valence-corrected chi connectivity index (χ2v) is 5.88. The Labute approximate surface area is 162 Å². The molecule has 0 radical (unpaired) electrons. The molecule has 2 heterocycles. The van der Waals surface area contributed by atoms with Gasteiger partial charge in [-0.15, -0.1) is 10.2 Å². The van der Waals surface area contributed by atoms with E-state index < -0.39 is 0 Å². The second kappa shape index (κ2) is 9.36. The number of nitrogens with zero attached hydrogens (tertiary/aromatic N) is 4. The van der Waals surface area contributed by atoms with Crippen molar-refractivity contribution >= 4 is 17.5 Å². The van der Waals surface area contributed by atoms with Gasteiger partial charge in [0.1, 0.15) is 5.75 Å². The maximum absolute atomic E-state index is 12.1. The molecule has 28 heavy (non-hydrogen) atoms. The standard InChI is InChI=1S/C19H23N7O2/c1-20-19(23-13-17-25-24-16-5-3-4-12-26(16)17)22-11-10-21-18(27)14-6-8-15(28-2)9-7-14/h3-9,12H,10-11,13H2,1-2H3,(H,21,27)(H2,20,22,23). The number of carbonyl (C=O) groups excluding carboxylic acids is 1. The van der Waals surface area contributed by atoms with Gasteiger partial charge in [-0.05, 0) is 36.4 Å². The van der Waals surface area contributed by atoms with Crippen molar-refractivity contribution in [1.29, 1.82) is 0 Å². The maximum atomic E-state index is 12.1. The molecule has 9 nitrogen and oxygen atoms in total. The molecule has 2 aromatic heterocycles. The van der Waals surface area contributed by atoms with Gasteiger partial charge >= 0.3 is 0 Å². The monoisotopic (exact) mass is 381 g/mol. The Balaban J connectivity index is 1.42. The van der Waals surface area contributed by atoms with Crippen LogP contribution in [0.25, 0.3) is 5.65 Å². The Hall–Kier alpha value is -3.62. The fourth-order valence-electron chi connectivity index (χ4n) is 2.60. The predicted molar refractivity (Wildman–Crippen MR) is 107 cm³/mol. The normalized spacial score (nSPS) is 11.3. The van der Waals surface area contributed by atoms with Crippen molar-refractivity contribution in [2.45, 2.75) is 6.54 Å². The number of carbonyl (C=O) groups is 1. The number of benzene rings is 1. The number of fused-ring (bicyclic) bond motifs is 1. The molecule has 0 aliphatic rings. The van der Waals surface area contributed by atoms with Crippen LogP contribution < -0.4 is 20.7 Å². The number of amides is 1. The number of aliphatic imine (C=N–C) groups is 1. The van der Waals surface area contributed by atoms with Gasteiger partial charge in [0.25, 0.3) is 5.91 Å². The van der Waals surface area contributed by atoms with Gasteiger partial charge in [0.05, 0.1) is 13.7 Å². The third kappa shape index (κ3) is 4.76. The number of ether oxygens (including phenoxy) is 1. The summed E-state index contributed by atoms with van der Waals surface area (Å²) in [7, 11) is 3.28. The van der Waals surface area contributed by atoms with Crippen LogP contribution in [0.15, 0.2) is 53.7 Å². The molecule has 1 amide bonds. The van der Waals surface area contributed by atoms with Crippen LogP contribution >= 0.6 is 0 Å². The molecule has 0 aliphatic carbocycles. The SMILES string of the molecule is CN=C(NCCNC(=O)c1ccc(OC)cc1)NCc1nnc2ccccn12. The topological polar surface area (TPSA) is 105 Å². The highest BCUT2D eigenvalue weighted by Gasteiger charge is 2.07. The lowest BCUT2D eigenvalue weighted by atomic mass is 10.2. The van der Waals surface area contributed by atoms with Crippen molar-refractivity contribution in [3.05, 3.63) is 60.0 Å². The van der Waals surface area contributed by atoms with Crippen LogP contribution in [0.5, 0.6) is 5.75 Å². The van der Waals surface area contributed by atoms with Crippen LogP contribution in [-0.4, -0.2) is 53.7 Å². The first-order valence-corrected chi connectivity index (χ1v) is 8.86. The molecule has 0 saturated heterocycles. The molecule has 9 heteroatoms. The molecule has 0 aliphatic heterocycles. The van der Waals surface area contributed by atoms with Gasteiger partial charge in [0.2, 0.25) is 0 Å². The highest BCUT2D eigenvalue weighted by atomic mass is 16.5. The van der Waals surface area contributed by atoms with E-state index in [2.05, 4.69) is 31.1 Å². The Morgan fingerprint density at radius 3 is 2.61 bits per heavy atom. The first-order chi connectivity index (χ1) is 13.7. The van der Waals surface area contributed by atoms with E-state index in [9.17, 15) is 4.79 Å². The van der Waals surface area contributed by atoms with Gasteiger partial charge in [-0.3, -0.25) is 14.2 Å². The van der Waals surface area contributed by atoms with Gasteiger partial charge in [0.15, 0.2) is 17.4 Å². The van der Waals surface area contributed by atoms with Gasteiger partial charge in [-0.2, -0.15) is 0 Å². The van der Waals surface area contributed by atoms with Crippen LogP contribution in [0, 0.1) is 0 Å². The Kier molecular flexibility index (Phi) is 6.40. The summed E-state index contributed by atoms with van der Waals surface area (Å²) in [5.74, 6) is 1.98. The molecule has 146 valence electrons. The van der Waals surface area contributed by atoms with Gasteiger partial charge in [0, 0.05) is 31.9 Å². The molecule has 3 aromatic rings. The van der Waals surface area contributed by atoms with E-state index in [-0.39, 0.29) is 5.91 Å². The van der Waals surface area contributed by atoms with E-state index in [1.165, 1.54) is 0 Å². The van der Waals surface area contributed by atoms with E-state index in [1.54, 1.807) is 38.4 Å². The van der Waals surface area contributed by atoms with Crippen LogP contribution in [0.1, 0.15) is 16.2 Å². The van der Waals surface area contributed by atoms with Gasteiger partial charge < -0.3 is 20.7 Å². The molecule has 0 atom stereocenters. The fraction of sp³-hybridized carbons (Fsp3) is 0.263. The van der Waals surface area contributed by atoms with E-state index in [0.29, 0.717) is 36.9 Å². The molecular weight excluding hydrogens is 358 g/mol. The lowest BCUT2D eigenvalue weighted by molar-refractivity contribution is 0.0954. The van der Waals surface area contributed by atoms with E-state index in [1.807, 2.05) is 28.8 Å². The molecule has 0 bridgehead atoms. The van der Waals surface area contributed by atoms with Crippen molar-refractivity contribution in [2.75, 3.05) is 27.2 Å². The minimum Gasteiger partial charge on any atom is -0.497 e. The van der Waals surface area contributed by atoms with Crippen LogP contribution in [0.4, 0.5) is 0 Å². The average molecular weight is 381 g/mol. The second-order valence-electron chi connectivity index (χ2n) is 5.88. The molecule has 0 fully saturated rings. The zero-order valence-electron chi connectivity index (χ0n) is 15.8. The number of hydrogen-bond acceptors (Lipinski definition) is 5. The Morgan fingerprint density at radius 1 is 1.07 bits per heavy atom. The molecule has 1 aromatic carbocycles. The van der Waals surface area contributed by atoms with E-state index >= 15 is 0 Å². The number of hydrogen-bond donors (Lipinski definition) is 3. The zero-order valence-corrected chi connectivity index (χ0v) is 15.8. The van der Waals surface area contributed by atoms with Gasteiger partial charge in [-0.1, -0.05) is 6.07 Å². The largest absolute Gasteiger partial charge is 0.497 e. The third-order valence-corrected chi connectivity index (χ3v) is 4.08. The van der Waals surface area contributed by atoms with Crippen LogP contribution in [0.3, 0.4) is 0 Å². The predicted octanol–water partition coefficient (Wildman–Crippen LogP) is 0.833. The maximum Gasteiger partial charge on any atom is 0.251 e. The average Bonchev–Trinajstić information content (AvgIpc) is 3.16. The summed E-state index contributed by atoms with van der Waals surface area (Å²) in [6, 6.07) is 12.7. The highest BCUT2D eigenvalue weighted by molar-refractivity contribution is 5.94. The number of methoxy groups -OCH3 is 1. The lowest BCUT2D eigenvalue weighted by Gasteiger charge is -2.12. The summed E-state index contributed by atoms with van der Waals surface area (Å²) in [5, 5.41) is 17.5. The number of pyridine rings is 1. The molecule has 0 spiro atoms. The summed E-state index contributed by atoms with van der Waals surface area (Å²) in [6.07, 6.45) is 1.91. The van der Waals surface area contributed by atoms with E-state index in [0.717, 1.165) is 11.5 Å². The minimum absolute atomic E-state index is 0.137. The zero-order chi connectivity index (χ0) is 19.8. The first-order valence-electron chi connectivity index (χ1n) is 8.86.